The predicted octanol–water partition coefficient (Wildman–Crippen LogP) is 2.64. The first-order chi connectivity index (χ1) is 19.1. The number of nitrogens with two attached hydrogens (primary N) is 1. The van der Waals surface area contributed by atoms with Crippen molar-refractivity contribution in [2.75, 3.05) is 23.7 Å². The number of hydrogen-bond donors (Lipinski definition) is 2. The Morgan fingerprint density at radius 1 is 1.02 bits per heavy atom. The molecule has 3 N–H and O–H groups in total. The SMILES string of the molecule is CCOC(=O)C1C(C(=O)Nc2ccc(Cl)cc2)C1C(=O)N(F)c1ccc(-n2ccc(OCC(N)=O)cc2=O)cc1. The summed E-state index contributed by atoms with van der Waals surface area (Å²) in [6.07, 6.45) is 1.39. The van der Waals surface area contributed by atoms with Gasteiger partial charge in [-0.25, -0.2) is 0 Å². The highest BCUT2D eigenvalue weighted by atomic mass is 35.5. The van der Waals surface area contributed by atoms with Gasteiger partial charge in [0, 0.05) is 28.7 Å². The minimum atomic E-state index is -1.27. The second-order valence-corrected chi connectivity index (χ2v) is 9.22. The molecule has 0 aliphatic heterocycles. The van der Waals surface area contributed by atoms with Gasteiger partial charge in [0.2, 0.25) is 5.91 Å². The van der Waals surface area contributed by atoms with Gasteiger partial charge in [-0.1, -0.05) is 16.1 Å². The van der Waals surface area contributed by atoms with Crippen LogP contribution < -0.4 is 26.5 Å². The normalized spacial score (nSPS) is 17.4. The number of nitrogens with zero attached hydrogens (tertiary/aromatic N) is 2. The van der Waals surface area contributed by atoms with Gasteiger partial charge in [-0.2, -0.15) is 0 Å². The van der Waals surface area contributed by atoms with E-state index in [0.29, 0.717) is 16.4 Å². The molecule has 1 aromatic heterocycles. The van der Waals surface area contributed by atoms with Crippen molar-refractivity contribution >= 4 is 46.7 Å². The van der Waals surface area contributed by atoms with E-state index < -0.39 is 47.0 Å². The van der Waals surface area contributed by atoms with Crippen molar-refractivity contribution < 1.29 is 33.1 Å². The molecule has 0 spiro atoms. The lowest BCUT2D eigenvalue weighted by atomic mass is 10.2. The number of primary amides is 1. The lowest BCUT2D eigenvalue weighted by molar-refractivity contribution is -0.146. The number of esters is 1. The Morgan fingerprint density at radius 3 is 2.30 bits per heavy atom. The van der Waals surface area contributed by atoms with E-state index in [1.54, 1.807) is 31.2 Å². The summed E-state index contributed by atoms with van der Waals surface area (Å²) in [4.78, 5) is 61.7. The van der Waals surface area contributed by atoms with Crippen molar-refractivity contribution in [3.05, 3.63) is 82.2 Å². The Balaban J connectivity index is 1.48. The molecule has 1 saturated carbocycles. The molecule has 2 aromatic carbocycles. The number of benzene rings is 2. The average molecular weight is 571 g/mol. The van der Waals surface area contributed by atoms with Crippen molar-refractivity contribution in [3.8, 4) is 11.4 Å². The van der Waals surface area contributed by atoms with Gasteiger partial charge in [0.25, 0.3) is 17.4 Å². The van der Waals surface area contributed by atoms with Gasteiger partial charge < -0.3 is 20.5 Å². The number of pyridine rings is 1. The summed E-state index contributed by atoms with van der Waals surface area (Å²) >= 11 is 5.86. The highest BCUT2D eigenvalue weighted by Crippen LogP contribution is 2.49. The zero-order valence-corrected chi connectivity index (χ0v) is 21.8. The maximum Gasteiger partial charge on any atom is 0.310 e. The molecule has 1 aliphatic carbocycles. The number of ether oxygens (including phenoxy) is 2. The third-order valence-corrected chi connectivity index (χ3v) is 6.35. The molecule has 4 rings (SSSR count). The fourth-order valence-corrected chi connectivity index (χ4v) is 4.28. The zero-order valence-electron chi connectivity index (χ0n) is 21.1. The van der Waals surface area contributed by atoms with Gasteiger partial charge in [-0.3, -0.25) is 28.5 Å². The van der Waals surface area contributed by atoms with Crippen molar-refractivity contribution in [2.45, 2.75) is 6.92 Å². The van der Waals surface area contributed by atoms with E-state index in [0.717, 1.165) is 6.07 Å². The maximum absolute atomic E-state index is 15.2. The van der Waals surface area contributed by atoms with Crippen LogP contribution >= 0.6 is 11.6 Å². The van der Waals surface area contributed by atoms with Crippen LogP contribution in [-0.2, 0) is 23.9 Å². The molecule has 3 aromatic rings. The van der Waals surface area contributed by atoms with Crippen molar-refractivity contribution in [1.82, 2.24) is 4.57 Å². The number of carbonyl (C=O) groups is 4. The van der Waals surface area contributed by atoms with Gasteiger partial charge in [0.1, 0.15) is 5.75 Å². The lowest BCUT2D eigenvalue weighted by Crippen LogP contribution is -2.27. The van der Waals surface area contributed by atoms with E-state index in [1.165, 1.54) is 41.1 Å². The molecule has 0 radical (unpaired) electrons. The molecule has 3 atom stereocenters. The molecule has 3 amide bonds. The van der Waals surface area contributed by atoms with Crippen LogP contribution in [0.25, 0.3) is 5.69 Å². The van der Waals surface area contributed by atoms with Crippen LogP contribution in [0.2, 0.25) is 5.02 Å². The minimum Gasteiger partial charge on any atom is -0.484 e. The summed E-state index contributed by atoms with van der Waals surface area (Å²) in [6, 6.07) is 14.2. The van der Waals surface area contributed by atoms with E-state index in [2.05, 4.69) is 5.32 Å². The molecule has 13 heteroatoms. The number of carbonyl (C=O) groups excluding carboxylic acids is 4. The Bertz CT molecular complexity index is 1490. The molecule has 1 aliphatic rings. The van der Waals surface area contributed by atoms with Crippen LogP contribution in [0.15, 0.2) is 71.7 Å². The smallest absolute Gasteiger partial charge is 0.310 e. The van der Waals surface area contributed by atoms with E-state index >= 15 is 4.48 Å². The molecular formula is C27H24ClFN4O7. The van der Waals surface area contributed by atoms with E-state index in [1.807, 2.05) is 0 Å². The summed E-state index contributed by atoms with van der Waals surface area (Å²) in [5.41, 5.74) is 5.11. The average Bonchev–Trinajstić information content (AvgIpc) is 3.69. The standard InChI is InChI=1S/C27H24ClFN4O7/c1-2-39-27(38)24-22(25(36)31-16-5-3-15(28)4-6-16)23(24)26(37)33(29)18-9-7-17(8-10-18)32-12-11-19(13-21(32)35)40-14-20(30)34/h3-13,22-24H,2,14H2,1H3,(H2,30,34)(H,31,36). The summed E-state index contributed by atoms with van der Waals surface area (Å²) in [5, 5.41) is 2.92. The fourth-order valence-electron chi connectivity index (χ4n) is 4.16. The van der Waals surface area contributed by atoms with Crippen LogP contribution in [0.1, 0.15) is 6.92 Å². The number of halogens is 2. The molecule has 40 heavy (non-hydrogen) atoms. The van der Waals surface area contributed by atoms with E-state index in [-0.39, 0.29) is 29.8 Å². The molecule has 208 valence electrons. The molecule has 0 saturated heterocycles. The Kier molecular flexibility index (Phi) is 8.49. The Morgan fingerprint density at radius 2 is 1.70 bits per heavy atom. The third kappa shape index (κ3) is 6.29. The molecule has 0 bridgehead atoms. The van der Waals surface area contributed by atoms with Crippen LogP contribution in [-0.4, -0.2) is 41.5 Å². The number of amides is 3. The van der Waals surface area contributed by atoms with E-state index in [9.17, 15) is 24.0 Å². The number of hydrogen-bond acceptors (Lipinski definition) is 7. The second kappa shape index (κ2) is 12.0. The summed E-state index contributed by atoms with van der Waals surface area (Å²) in [7, 11) is 0. The Hall–Kier alpha value is -4.71. The highest BCUT2D eigenvalue weighted by molar-refractivity contribution is 6.30. The van der Waals surface area contributed by atoms with Crippen LogP contribution in [0.4, 0.5) is 15.9 Å². The summed E-state index contributed by atoms with van der Waals surface area (Å²) < 4.78 is 26.6. The van der Waals surface area contributed by atoms with Crippen molar-refractivity contribution in [2.24, 2.45) is 23.5 Å². The van der Waals surface area contributed by atoms with Crippen LogP contribution in [0.5, 0.6) is 5.75 Å². The monoisotopic (exact) mass is 570 g/mol. The second-order valence-electron chi connectivity index (χ2n) is 8.79. The maximum atomic E-state index is 15.2. The molecule has 1 heterocycles. The van der Waals surface area contributed by atoms with Gasteiger partial charge in [-0.15, -0.1) is 5.12 Å². The topological polar surface area (TPSA) is 150 Å². The molecular weight excluding hydrogens is 547 g/mol. The highest BCUT2D eigenvalue weighted by Gasteiger charge is 2.65. The fraction of sp³-hybridized carbons (Fsp3) is 0.222. The first-order valence-corrected chi connectivity index (χ1v) is 12.5. The number of rotatable bonds is 10. The third-order valence-electron chi connectivity index (χ3n) is 6.10. The largest absolute Gasteiger partial charge is 0.484 e. The van der Waals surface area contributed by atoms with Crippen molar-refractivity contribution in [1.29, 1.82) is 0 Å². The van der Waals surface area contributed by atoms with Gasteiger partial charge in [-0.05, 0) is 61.5 Å². The lowest BCUT2D eigenvalue weighted by Gasteiger charge is -2.14. The zero-order chi connectivity index (χ0) is 29.0. The van der Waals surface area contributed by atoms with Gasteiger partial charge >= 0.3 is 5.97 Å². The first kappa shape index (κ1) is 28.3. The molecule has 3 unspecified atom stereocenters. The molecule has 11 nitrogen and oxygen atoms in total. The first-order valence-electron chi connectivity index (χ1n) is 12.1. The quantitative estimate of drug-likeness (QED) is 0.281. The van der Waals surface area contributed by atoms with Gasteiger partial charge in [0.15, 0.2) is 6.61 Å². The number of anilines is 2. The Labute approximate surface area is 232 Å². The summed E-state index contributed by atoms with van der Waals surface area (Å²) in [5.74, 6) is -6.60. The van der Waals surface area contributed by atoms with Crippen LogP contribution in [0.3, 0.4) is 0 Å². The number of nitrogens with one attached hydrogen (secondary N) is 1. The number of aromatic nitrogens is 1. The summed E-state index contributed by atoms with van der Waals surface area (Å²) in [6.45, 7) is 1.22. The minimum absolute atomic E-state index is 0.0280. The van der Waals surface area contributed by atoms with E-state index in [4.69, 9.17) is 26.8 Å². The molecule has 1 fully saturated rings. The van der Waals surface area contributed by atoms with Gasteiger partial charge in [0.05, 0.1) is 30.0 Å². The predicted molar refractivity (Wildman–Crippen MR) is 143 cm³/mol. The van der Waals surface area contributed by atoms with Crippen LogP contribution in [0, 0.1) is 17.8 Å². The van der Waals surface area contributed by atoms with Crippen molar-refractivity contribution in [3.63, 3.8) is 0 Å².